The van der Waals surface area contributed by atoms with Crippen LogP contribution in [0.25, 0.3) is 10.8 Å². The maximum atomic E-state index is 12.5. The third-order valence-electron chi connectivity index (χ3n) is 3.04. The van der Waals surface area contributed by atoms with Gasteiger partial charge in [0.2, 0.25) is 5.78 Å². The Hall–Kier alpha value is -2.55. The van der Waals surface area contributed by atoms with Crippen LogP contribution in [0.15, 0.2) is 54.7 Å². The molecule has 1 aromatic heterocycles. The fourth-order valence-electron chi connectivity index (χ4n) is 2.14. The summed E-state index contributed by atoms with van der Waals surface area (Å²) in [4.78, 5) is 20.7. The number of fused-ring (bicyclic) bond motifs is 1. The van der Waals surface area contributed by atoms with Crippen LogP contribution >= 0.6 is 0 Å². The predicted octanol–water partition coefficient (Wildman–Crippen LogP) is 3.17. The van der Waals surface area contributed by atoms with Crippen LogP contribution in [0.1, 0.15) is 21.9 Å². The smallest absolute Gasteiger partial charge is 0.212 e. The first-order valence-electron chi connectivity index (χ1n) is 6.08. The molecule has 0 aliphatic heterocycles. The largest absolute Gasteiger partial charge is 0.287 e. The highest BCUT2D eigenvalue weighted by Crippen LogP contribution is 2.20. The number of ketones is 1. The summed E-state index contributed by atoms with van der Waals surface area (Å²) in [5.74, 6) is 0.536. The first kappa shape index (κ1) is 11.5. The van der Waals surface area contributed by atoms with E-state index in [1.54, 1.807) is 19.2 Å². The minimum absolute atomic E-state index is 0.0673. The van der Waals surface area contributed by atoms with E-state index in [0.29, 0.717) is 17.1 Å². The average molecular weight is 248 g/mol. The van der Waals surface area contributed by atoms with Crippen molar-refractivity contribution >= 4 is 16.6 Å². The summed E-state index contributed by atoms with van der Waals surface area (Å²) in [6, 6.07) is 15.2. The van der Waals surface area contributed by atoms with Gasteiger partial charge in [-0.05, 0) is 23.8 Å². The van der Waals surface area contributed by atoms with Crippen LogP contribution < -0.4 is 0 Å². The Kier molecular flexibility index (Phi) is 2.80. The summed E-state index contributed by atoms with van der Waals surface area (Å²) >= 11 is 0. The fourth-order valence-corrected chi connectivity index (χ4v) is 2.14. The maximum absolute atomic E-state index is 12.5. The first-order chi connectivity index (χ1) is 9.25. The zero-order valence-corrected chi connectivity index (χ0v) is 10.5. The SMILES string of the molecule is Cc1nccc(C(=O)c2cccc3ccccc23)n1. The minimum atomic E-state index is -0.0673. The van der Waals surface area contributed by atoms with Gasteiger partial charge in [0.05, 0.1) is 0 Å². The number of rotatable bonds is 2. The molecule has 0 aliphatic carbocycles. The normalized spacial score (nSPS) is 10.6. The molecule has 0 N–H and O–H groups in total. The Labute approximate surface area is 111 Å². The van der Waals surface area contributed by atoms with E-state index in [9.17, 15) is 4.79 Å². The van der Waals surface area contributed by atoms with Crippen LogP contribution in [0, 0.1) is 6.92 Å². The van der Waals surface area contributed by atoms with E-state index >= 15 is 0 Å². The van der Waals surface area contributed by atoms with Gasteiger partial charge in [0.15, 0.2) is 0 Å². The number of nitrogens with zero attached hydrogens (tertiary/aromatic N) is 2. The molecule has 0 atom stereocenters. The Morgan fingerprint density at radius 2 is 1.79 bits per heavy atom. The summed E-state index contributed by atoms with van der Waals surface area (Å²) in [5, 5.41) is 2.00. The lowest BCUT2D eigenvalue weighted by Gasteiger charge is -2.05. The van der Waals surface area contributed by atoms with Crippen LogP contribution in [-0.4, -0.2) is 15.8 Å². The van der Waals surface area contributed by atoms with Crippen molar-refractivity contribution in [3.8, 4) is 0 Å². The monoisotopic (exact) mass is 248 g/mol. The summed E-state index contributed by atoms with van der Waals surface area (Å²) < 4.78 is 0. The summed E-state index contributed by atoms with van der Waals surface area (Å²) in [7, 11) is 0. The standard InChI is InChI=1S/C16H12N2O/c1-11-17-10-9-15(18-11)16(19)14-8-4-6-12-5-2-3-7-13(12)14/h2-10H,1H3. The Bertz CT molecular complexity index is 760. The van der Waals surface area contributed by atoms with Gasteiger partial charge < -0.3 is 0 Å². The van der Waals surface area contributed by atoms with E-state index < -0.39 is 0 Å². The van der Waals surface area contributed by atoms with E-state index in [0.717, 1.165) is 10.8 Å². The predicted molar refractivity (Wildman–Crippen MR) is 74.1 cm³/mol. The average Bonchev–Trinajstić information content (AvgIpc) is 2.46. The molecule has 3 heteroatoms. The molecule has 1 heterocycles. The Morgan fingerprint density at radius 3 is 2.63 bits per heavy atom. The number of aryl methyl sites for hydroxylation is 1. The maximum Gasteiger partial charge on any atom is 0.212 e. The van der Waals surface area contributed by atoms with E-state index in [1.165, 1.54) is 0 Å². The number of carbonyl (C=O) groups excluding carboxylic acids is 1. The highest BCUT2D eigenvalue weighted by atomic mass is 16.1. The number of carbonyl (C=O) groups is 1. The van der Waals surface area contributed by atoms with Crippen molar-refractivity contribution in [3.05, 3.63) is 71.8 Å². The van der Waals surface area contributed by atoms with Crippen LogP contribution in [0.5, 0.6) is 0 Å². The number of hydrogen-bond donors (Lipinski definition) is 0. The van der Waals surface area contributed by atoms with E-state index in [1.807, 2.05) is 42.5 Å². The van der Waals surface area contributed by atoms with E-state index in [2.05, 4.69) is 9.97 Å². The molecule has 0 saturated heterocycles. The second-order valence-corrected chi connectivity index (χ2v) is 4.34. The van der Waals surface area contributed by atoms with Crippen molar-refractivity contribution in [2.75, 3.05) is 0 Å². The number of aromatic nitrogens is 2. The van der Waals surface area contributed by atoms with Gasteiger partial charge in [-0.25, -0.2) is 9.97 Å². The van der Waals surface area contributed by atoms with Gasteiger partial charge >= 0.3 is 0 Å². The van der Waals surface area contributed by atoms with Crippen LogP contribution in [0.2, 0.25) is 0 Å². The van der Waals surface area contributed by atoms with Crippen molar-refractivity contribution < 1.29 is 4.79 Å². The van der Waals surface area contributed by atoms with Crippen molar-refractivity contribution in [2.45, 2.75) is 6.92 Å². The van der Waals surface area contributed by atoms with Crippen LogP contribution in [-0.2, 0) is 0 Å². The molecule has 3 rings (SSSR count). The summed E-state index contributed by atoms with van der Waals surface area (Å²) in [5.41, 5.74) is 1.11. The number of benzene rings is 2. The summed E-state index contributed by atoms with van der Waals surface area (Å²) in [6.07, 6.45) is 1.61. The van der Waals surface area contributed by atoms with E-state index in [4.69, 9.17) is 0 Å². The fraction of sp³-hybridized carbons (Fsp3) is 0.0625. The van der Waals surface area contributed by atoms with Crippen molar-refractivity contribution in [2.24, 2.45) is 0 Å². The van der Waals surface area contributed by atoms with Crippen LogP contribution in [0.4, 0.5) is 0 Å². The third kappa shape index (κ3) is 2.10. The summed E-state index contributed by atoms with van der Waals surface area (Å²) in [6.45, 7) is 1.78. The molecule has 2 aromatic carbocycles. The Morgan fingerprint density at radius 1 is 1.00 bits per heavy atom. The highest BCUT2D eigenvalue weighted by molar-refractivity contribution is 6.15. The molecular formula is C16H12N2O. The van der Waals surface area contributed by atoms with Gasteiger partial charge in [0.25, 0.3) is 0 Å². The first-order valence-corrected chi connectivity index (χ1v) is 6.08. The van der Waals surface area contributed by atoms with Gasteiger partial charge in [-0.3, -0.25) is 4.79 Å². The molecule has 0 amide bonds. The molecule has 3 aromatic rings. The lowest BCUT2D eigenvalue weighted by Crippen LogP contribution is -2.06. The topological polar surface area (TPSA) is 42.9 Å². The quantitative estimate of drug-likeness (QED) is 0.654. The molecule has 0 radical (unpaired) electrons. The number of hydrogen-bond acceptors (Lipinski definition) is 3. The second kappa shape index (κ2) is 4.61. The molecule has 0 unspecified atom stereocenters. The highest BCUT2D eigenvalue weighted by Gasteiger charge is 2.13. The zero-order valence-electron chi connectivity index (χ0n) is 10.5. The minimum Gasteiger partial charge on any atom is -0.287 e. The molecule has 0 bridgehead atoms. The van der Waals surface area contributed by atoms with Gasteiger partial charge in [-0.15, -0.1) is 0 Å². The molecule has 0 saturated carbocycles. The van der Waals surface area contributed by atoms with Crippen molar-refractivity contribution in [1.82, 2.24) is 9.97 Å². The van der Waals surface area contributed by atoms with Gasteiger partial charge in [-0.2, -0.15) is 0 Å². The molecule has 0 aliphatic rings. The lowest BCUT2D eigenvalue weighted by atomic mass is 10.00. The second-order valence-electron chi connectivity index (χ2n) is 4.34. The van der Waals surface area contributed by atoms with E-state index in [-0.39, 0.29) is 5.78 Å². The molecular weight excluding hydrogens is 236 g/mol. The lowest BCUT2D eigenvalue weighted by molar-refractivity contribution is 0.103. The molecule has 19 heavy (non-hydrogen) atoms. The van der Waals surface area contributed by atoms with Gasteiger partial charge in [-0.1, -0.05) is 42.5 Å². The zero-order chi connectivity index (χ0) is 13.2. The van der Waals surface area contributed by atoms with Gasteiger partial charge in [0.1, 0.15) is 11.5 Å². The van der Waals surface area contributed by atoms with Crippen molar-refractivity contribution in [3.63, 3.8) is 0 Å². The van der Waals surface area contributed by atoms with Crippen LogP contribution in [0.3, 0.4) is 0 Å². The molecule has 3 nitrogen and oxygen atoms in total. The molecule has 92 valence electrons. The van der Waals surface area contributed by atoms with Gasteiger partial charge in [0, 0.05) is 11.8 Å². The Balaban J connectivity index is 2.17. The molecule has 0 spiro atoms. The molecule has 0 fully saturated rings. The van der Waals surface area contributed by atoms with Crippen molar-refractivity contribution in [1.29, 1.82) is 0 Å². The third-order valence-corrected chi connectivity index (χ3v) is 3.04.